The maximum atomic E-state index is 10.5. The van der Waals surface area contributed by atoms with Gasteiger partial charge in [-0.3, -0.25) is 0 Å². The predicted octanol–water partition coefficient (Wildman–Crippen LogP) is 5.13. The Hall–Kier alpha value is -0.0400. The highest BCUT2D eigenvalue weighted by molar-refractivity contribution is 5.18. The Morgan fingerprint density at radius 2 is 1.65 bits per heavy atom. The van der Waals surface area contributed by atoms with Crippen LogP contribution in [0.3, 0.4) is 0 Å². The fourth-order valence-electron chi connectivity index (χ4n) is 9.02. The monoisotopic (exact) mass is 316 g/mol. The van der Waals surface area contributed by atoms with Gasteiger partial charge in [-0.15, -0.1) is 0 Å². The van der Waals surface area contributed by atoms with Crippen LogP contribution in [0.2, 0.25) is 0 Å². The van der Waals surface area contributed by atoms with Crippen molar-refractivity contribution in [1.82, 2.24) is 0 Å². The predicted molar refractivity (Wildman–Crippen MR) is 93.8 cm³/mol. The van der Waals surface area contributed by atoms with Crippen molar-refractivity contribution in [2.45, 2.75) is 78.2 Å². The number of rotatable bonds is 1. The molecule has 5 saturated carbocycles. The lowest BCUT2D eigenvalue weighted by molar-refractivity contribution is -0.0957. The molecule has 5 aliphatic carbocycles. The Morgan fingerprint density at radius 3 is 2.43 bits per heavy atom. The zero-order valence-electron chi connectivity index (χ0n) is 15.4. The molecule has 6 unspecified atom stereocenters. The third-order valence-corrected chi connectivity index (χ3v) is 9.61. The molecule has 5 fully saturated rings. The van der Waals surface area contributed by atoms with E-state index in [0.29, 0.717) is 11.3 Å². The number of hydrogen-bond acceptors (Lipinski definition) is 1. The first-order valence-corrected chi connectivity index (χ1v) is 10.7. The molecule has 5 aliphatic rings. The Labute approximate surface area is 142 Å². The minimum absolute atomic E-state index is 0.0802. The minimum Gasteiger partial charge on any atom is -0.393 e. The molecule has 0 aromatic carbocycles. The van der Waals surface area contributed by atoms with Gasteiger partial charge in [0.25, 0.3) is 0 Å². The van der Waals surface area contributed by atoms with Gasteiger partial charge in [0.2, 0.25) is 0 Å². The van der Waals surface area contributed by atoms with E-state index in [9.17, 15) is 5.11 Å². The first-order chi connectivity index (χ1) is 11.0. The van der Waals surface area contributed by atoms with Gasteiger partial charge in [0, 0.05) is 0 Å². The van der Waals surface area contributed by atoms with Crippen LogP contribution < -0.4 is 0 Å². The minimum atomic E-state index is -0.0802. The summed E-state index contributed by atoms with van der Waals surface area (Å²) in [5, 5.41) is 10.5. The van der Waals surface area contributed by atoms with Crippen LogP contribution in [0, 0.1) is 58.7 Å². The summed E-state index contributed by atoms with van der Waals surface area (Å²) in [4.78, 5) is 0. The standard InChI is InChI=1S/C22H36O/c1-12-4-6-15-14(10-12)5-7-17-16(15)8-9-22(3)20(13(2)23)18-11-19(18)21(17)22/h12-21,23H,4-11H2,1-3H3/t12?,13?,14-,15+,16?,17-,18+,19-,20?,21?,22?/m1/s1. The molecule has 0 spiro atoms. The molecule has 0 amide bonds. The molecule has 0 bridgehead atoms. The van der Waals surface area contributed by atoms with Gasteiger partial charge in [-0.25, -0.2) is 0 Å². The van der Waals surface area contributed by atoms with Crippen molar-refractivity contribution >= 4 is 0 Å². The normalized spacial score (nSPS) is 61.8. The lowest BCUT2D eigenvalue weighted by Crippen LogP contribution is -2.51. The molecular formula is C22H36O. The van der Waals surface area contributed by atoms with Gasteiger partial charge in [0.15, 0.2) is 0 Å². The Bertz CT molecular complexity index is 484. The van der Waals surface area contributed by atoms with Gasteiger partial charge >= 0.3 is 0 Å². The highest BCUT2D eigenvalue weighted by Gasteiger charge is 2.69. The highest BCUT2D eigenvalue weighted by atomic mass is 16.3. The molecule has 11 atom stereocenters. The summed E-state index contributed by atoms with van der Waals surface area (Å²) in [5.74, 6) is 8.63. The van der Waals surface area contributed by atoms with Gasteiger partial charge in [-0.05, 0) is 111 Å². The summed E-state index contributed by atoms with van der Waals surface area (Å²) in [6.07, 6.45) is 11.9. The molecular weight excluding hydrogens is 280 g/mol. The van der Waals surface area contributed by atoms with E-state index in [4.69, 9.17) is 0 Å². The third-order valence-electron chi connectivity index (χ3n) is 9.61. The van der Waals surface area contributed by atoms with Gasteiger partial charge in [-0.2, -0.15) is 0 Å². The van der Waals surface area contributed by atoms with Crippen LogP contribution in [0.1, 0.15) is 72.1 Å². The summed E-state index contributed by atoms with van der Waals surface area (Å²) in [6, 6.07) is 0. The largest absolute Gasteiger partial charge is 0.393 e. The first-order valence-electron chi connectivity index (χ1n) is 10.7. The molecule has 23 heavy (non-hydrogen) atoms. The van der Waals surface area contributed by atoms with E-state index < -0.39 is 0 Å². The second-order valence-electron chi connectivity index (χ2n) is 10.6. The van der Waals surface area contributed by atoms with Crippen LogP contribution >= 0.6 is 0 Å². The highest BCUT2D eigenvalue weighted by Crippen LogP contribution is 2.75. The molecule has 1 heteroatoms. The number of hydrogen-bond donors (Lipinski definition) is 1. The van der Waals surface area contributed by atoms with Gasteiger partial charge in [0.1, 0.15) is 0 Å². The van der Waals surface area contributed by atoms with Crippen molar-refractivity contribution < 1.29 is 5.11 Å². The zero-order valence-corrected chi connectivity index (χ0v) is 15.4. The maximum absolute atomic E-state index is 10.5. The molecule has 0 aliphatic heterocycles. The first kappa shape index (κ1) is 15.2. The average molecular weight is 317 g/mol. The zero-order chi connectivity index (χ0) is 15.9. The van der Waals surface area contributed by atoms with Crippen LogP contribution in [-0.4, -0.2) is 11.2 Å². The third kappa shape index (κ3) is 2.01. The number of aliphatic hydroxyl groups is 1. The van der Waals surface area contributed by atoms with Crippen molar-refractivity contribution in [3.8, 4) is 0 Å². The van der Waals surface area contributed by atoms with E-state index in [1.165, 1.54) is 51.4 Å². The summed E-state index contributed by atoms with van der Waals surface area (Å²) < 4.78 is 0. The molecule has 1 N–H and O–H groups in total. The molecule has 130 valence electrons. The molecule has 5 rings (SSSR count). The Balaban J connectivity index is 1.43. The van der Waals surface area contributed by atoms with E-state index in [1.54, 1.807) is 0 Å². The maximum Gasteiger partial charge on any atom is 0.0548 e. The van der Waals surface area contributed by atoms with E-state index in [0.717, 1.165) is 47.3 Å². The molecule has 0 aromatic heterocycles. The van der Waals surface area contributed by atoms with Crippen LogP contribution in [0.4, 0.5) is 0 Å². The van der Waals surface area contributed by atoms with Crippen molar-refractivity contribution in [1.29, 1.82) is 0 Å². The molecule has 1 nitrogen and oxygen atoms in total. The summed E-state index contributed by atoms with van der Waals surface area (Å²) in [7, 11) is 0. The number of aliphatic hydroxyl groups excluding tert-OH is 1. The van der Waals surface area contributed by atoms with E-state index in [-0.39, 0.29) is 6.10 Å². The van der Waals surface area contributed by atoms with Crippen LogP contribution in [-0.2, 0) is 0 Å². The fraction of sp³-hybridized carbons (Fsp3) is 1.00. The van der Waals surface area contributed by atoms with Gasteiger partial charge in [0.05, 0.1) is 6.10 Å². The topological polar surface area (TPSA) is 20.2 Å². The SMILES string of the molecule is CC1CC[C@@H]2C3CCC4(C)C(C(C)O)[C@H]5C[C@H]5C4[C@@H]3CC[C@@H]2C1. The molecule has 0 heterocycles. The second kappa shape index (κ2) is 4.99. The van der Waals surface area contributed by atoms with E-state index >= 15 is 0 Å². The van der Waals surface area contributed by atoms with Crippen LogP contribution in [0.5, 0.6) is 0 Å². The van der Waals surface area contributed by atoms with E-state index in [1.807, 2.05) is 0 Å². The summed E-state index contributed by atoms with van der Waals surface area (Å²) >= 11 is 0. The van der Waals surface area contributed by atoms with Crippen LogP contribution in [0.15, 0.2) is 0 Å². The lowest BCUT2D eigenvalue weighted by Gasteiger charge is -2.57. The smallest absolute Gasteiger partial charge is 0.0548 e. The second-order valence-corrected chi connectivity index (χ2v) is 10.6. The van der Waals surface area contributed by atoms with Crippen molar-refractivity contribution in [3.05, 3.63) is 0 Å². The Kier molecular flexibility index (Phi) is 3.31. The molecule has 0 saturated heterocycles. The number of fused-ring (bicyclic) bond motifs is 7. The molecule has 0 radical (unpaired) electrons. The average Bonchev–Trinajstić information content (AvgIpc) is 3.20. The summed E-state index contributed by atoms with van der Waals surface area (Å²) in [6.45, 7) is 7.14. The van der Waals surface area contributed by atoms with Gasteiger partial charge in [-0.1, -0.05) is 20.3 Å². The quantitative estimate of drug-likeness (QED) is 0.711. The summed E-state index contributed by atoms with van der Waals surface area (Å²) in [5.41, 5.74) is 0.470. The van der Waals surface area contributed by atoms with Crippen LogP contribution in [0.25, 0.3) is 0 Å². The van der Waals surface area contributed by atoms with Crippen molar-refractivity contribution in [3.63, 3.8) is 0 Å². The van der Waals surface area contributed by atoms with Crippen molar-refractivity contribution in [2.24, 2.45) is 58.7 Å². The van der Waals surface area contributed by atoms with E-state index in [2.05, 4.69) is 20.8 Å². The fourth-order valence-corrected chi connectivity index (χ4v) is 9.02. The van der Waals surface area contributed by atoms with Gasteiger partial charge < -0.3 is 5.11 Å². The lowest BCUT2D eigenvalue weighted by atomic mass is 9.48. The van der Waals surface area contributed by atoms with Crippen molar-refractivity contribution in [2.75, 3.05) is 0 Å². The Morgan fingerprint density at radius 1 is 0.870 bits per heavy atom. The molecule has 0 aromatic rings.